The molecule has 1 saturated heterocycles. The molecule has 0 aromatic rings. The second-order valence-corrected chi connectivity index (χ2v) is 2.75. The summed E-state index contributed by atoms with van der Waals surface area (Å²) >= 11 is 4.95. The smallest absolute Gasteiger partial charge is 0.702 e. The molecule has 2 nitrogen and oxygen atoms in total. The van der Waals surface area contributed by atoms with Crippen molar-refractivity contribution in [2.75, 3.05) is 33.2 Å². The molecular formula is C7H17N2RbS. The van der Waals surface area contributed by atoms with Crippen LogP contribution >= 0.6 is 0 Å². The fraction of sp³-hybridized carbons (Fsp3) is 1.00. The minimum Gasteiger partial charge on any atom is -0.702 e. The molecule has 0 unspecified atom stereocenters. The maximum Gasteiger partial charge on any atom is 1.00 e. The summed E-state index contributed by atoms with van der Waals surface area (Å²) in [5, 5.41) is 0. The number of likely N-dealkylation sites (N-methyl/N-ethyl adjacent to an activating group) is 1. The summed E-state index contributed by atoms with van der Waals surface area (Å²) in [5.41, 5.74) is 0. The van der Waals surface area contributed by atoms with Crippen LogP contribution in [0.3, 0.4) is 0 Å². The maximum absolute atomic E-state index is 4.95. The van der Waals surface area contributed by atoms with Gasteiger partial charge < -0.3 is 22.0 Å². The normalized spacial score (nSPS) is 19.6. The van der Waals surface area contributed by atoms with Gasteiger partial charge in [-0.15, -0.1) is 0 Å². The second-order valence-electron chi connectivity index (χ2n) is 2.23. The Labute approximate surface area is 125 Å². The summed E-state index contributed by atoms with van der Waals surface area (Å²) in [5.74, 6) is 0. The molecule has 0 atom stereocenters. The van der Waals surface area contributed by atoms with Gasteiger partial charge in [0.2, 0.25) is 0 Å². The molecule has 0 saturated carbocycles. The largest absolute Gasteiger partial charge is 1.00 e. The molecule has 1 aliphatic rings. The average molecular weight is 247 g/mol. The van der Waals surface area contributed by atoms with Crippen LogP contribution in [0.25, 0.3) is 0 Å². The van der Waals surface area contributed by atoms with E-state index in [0.717, 1.165) is 26.2 Å². The van der Waals surface area contributed by atoms with E-state index in [4.69, 9.17) is 12.8 Å². The Kier molecular flexibility index (Phi) is 14.4. The minimum atomic E-state index is 0. The molecule has 0 spiro atoms. The monoisotopic (exact) mass is 246 g/mol. The van der Waals surface area contributed by atoms with Gasteiger partial charge in [-0.2, -0.15) is 0 Å². The average Bonchev–Trinajstić information content (AvgIpc) is 2.00. The van der Waals surface area contributed by atoms with Crippen LogP contribution in [0.1, 0.15) is 13.8 Å². The first-order valence-electron chi connectivity index (χ1n) is 3.89. The van der Waals surface area contributed by atoms with E-state index in [1.807, 2.05) is 18.2 Å². The molecule has 0 bridgehead atoms. The predicted octanol–water partition coefficient (Wildman–Crippen LogP) is -2.27. The molecule has 0 aromatic heterocycles. The molecule has 62 valence electrons. The fourth-order valence-electron chi connectivity index (χ4n) is 0.788. The molecule has 1 aliphatic heterocycles. The Bertz CT molecular complexity index is 64.8. The summed E-state index contributed by atoms with van der Waals surface area (Å²) in [6.45, 7) is 8.35. The summed E-state index contributed by atoms with van der Waals surface area (Å²) in [6, 6.07) is 0. The Morgan fingerprint density at radius 2 is 1.36 bits per heavy atom. The van der Waals surface area contributed by atoms with Gasteiger partial charge in [-0.05, 0) is 20.1 Å². The number of rotatable bonds is 0. The molecule has 1 fully saturated rings. The van der Waals surface area contributed by atoms with Crippen molar-refractivity contribution in [3.8, 4) is 0 Å². The van der Waals surface area contributed by atoms with E-state index < -0.39 is 0 Å². The van der Waals surface area contributed by atoms with Crippen molar-refractivity contribution in [1.82, 2.24) is 9.21 Å². The summed E-state index contributed by atoms with van der Waals surface area (Å²) in [4.78, 5) is 2.29. The maximum atomic E-state index is 4.95. The van der Waals surface area contributed by atoms with Crippen LogP contribution in [0.15, 0.2) is 0 Å². The Hall–Kier alpha value is 2.08. The molecule has 1 heterocycles. The van der Waals surface area contributed by atoms with Crippen molar-refractivity contribution in [2.45, 2.75) is 13.8 Å². The molecule has 0 N–H and O–H groups in total. The van der Waals surface area contributed by atoms with Crippen molar-refractivity contribution < 1.29 is 58.2 Å². The Morgan fingerprint density at radius 3 is 1.64 bits per heavy atom. The number of piperazine rings is 1. The van der Waals surface area contributed by atoms with Crippen LogP contribution in [0, 0.1) is 0 Å². The van der Waals surface area contributed by atoms with Gasteiger partial charge in [-0.25, -0.2) is 0 Å². The van der Waals surface area contributed by atoms with Gasteiger partial charge in [0.25, 0.3) is 0 Å². The SMILES string of the molecule is CC.CN1CCN([S-])CC1.[Rb+]. The van der Waals surface area contributed by atoms with Crippen LogP contribution in [0.4, 0.5) is 0 Å². The molecule has 0 aliphatic carbocycles. The quantitative estimate of drug-likeness (QED) is 0.445. The van der Waals surface area contributed by atoms with E-state index in [1.165, 1.54) is 0 Å². The molecule has 1 rings (SSSR count). The zero-order valence-corrected chi connectivity index (χ0v) is 13.9. The van der Waals surface area contributed by atoms with Crippen molar-refractivity contribution in [3.63, 3.8) is 0 Å². The van der Waals surface area contributed by atoms with Crippen molar-refractivity contribution >= 4 is 12.8 Å². The van der Waals surface area contributed by atoms with Crippen LogP contribution in [-0.2, 0) is 12.8 Å². The summed E-state index contributed by atoms with van der Waals surface area (Å²) < 4.78 is 1.94. The van der Waals surface area contributed by atoms with Crippen LogP contribution in [0.2, 0.25) is 0 Å². The third-order valence-corrected chi connectivity index (χ3v) is 1.83. The van der Waals surface area contributed by atoms with Gasteiger partial charge in [-0.3, -0.25) is 0 Å². The number of hydrogen-bond donors (Lipinski definition) is 0. The van der Waals surface area contributed by atoms with E-state index in [-0.39, 0.29) is 58.2 Å². The molecule has 11 heavy (non-hydrogen) atoms. The third kappa shape index (κ3) is 8.41. The minimum absolute atomic E-state index is 0. The molecule has 0 amide bonds. The number of nitrogens with zero attached hydrogens (tertiary/aromatic N) is 2. The molecule has 0 aromatic carbocycles. The van der Waals surface area contributed by atoms with Gasteiger partial charge >= 0.3 is 58.2 Å². The van der Waals surface area contributed by atoms with Crippen molar-refractivity contribution in [1.29, 1.82) is 0 Å². The number of hydrogen-bond acceptors (Lipinski definition) is 3. The zero-order valence-electron chi connectivity index (χ0n) is 8.13. The first-order chi connectivity index (χ1) is 4.79. The van der Waals surface area contributed by atoms with Gasteiger partial charge in [0.1, 0.15) is 0 Å². The standard InChI is InChI=1S/C5H11N2S.C2H6.Rb/c1-6-2-4-7(8)5-3-6;1-2;/h2-5H2,1H3;1-2H3;/q-1;;+1. The summed E-state index contributed by atoms with van der Waals surface area (Å²) in [6.07, 6.45) is 0. The van der Waals surface area contributed by atoms with Crippen LogP contribution < -0.4 is 58.2 Å². The van der Waals surface area contributed by atoms with Gasteiger partial charge in [-0.1, -0.05) is 13.8 Å². The van der Waals surface area contributed by atoms with Crippen molar-refractivity contribution in [2.24, 2.45) is 0 Å². The molecular weight excluding hydrogens is 230 g/mol. The third-order valence-electron chi connectivity index (χ3n) is 1.46. The topological polar surface area (TPSA) is 6.48 Å². The zero-order chi connectivity index (χ0) is 7.98. The van der Waals surface area contributed by atoms with Crippen LogP contribution in [-0.4, -0.2) is 42.4 Å². The van der Waals surface area contributed by atoms with E-state index in [0.29, 0.717) is 0 Å². The van der Waals surface area contributed by atoms with Gasteiger partial charge in [0.05, 0.1) is 0 Å². The fourth-order valence-corrected chi connectivity index (χ4v) is 0.951. The molecule has 0 radical (unpaired) electrons. The first-order valence-corrected chi connectivity index (χ1v) is 4.26. The van der Waals surface area contributed by atoms with Crippen LogP contribution in [0.5, 0.6) is 0 Å². The van der Waals surface area contributed by atoms with Gasteiger partial charge in [0.15, 0.2) is 0 Å². The predicted molar refractivity (Wildman–Crippen MR) is 47.8 cm³/mol. The first kappa shape index (κ1) is 15.5. The van der Waals surface area contributed by atoms with E-state index >= 15 is 0 Å². The Morgan fingerprint density at radius 1 is 1.00 bits per heavy atom. The second kappa shape index (κ2) is 10.2. The van der Waals surface area contributed by atoms with E-state index in [9.17, 15) is 0 Å². The summed E-state index contributed by atoms with van der Waals surface area (Å²) in [7, 11) is 2.13. The van der Waals surface area contributed by atoms with Crippen molar-refractivity contribution in [3.05, 3.63) is 0 Å². The van der Waals surface area contributed by atoms with E-state index in [1.54, 1.807) is 0 Å². The Balaban J connectivity index is 0. The van der Waals surface area contributed by atoms with E-state index in [2.05, 4.69) is 11.9 Å². The van der Waals surface area contributed by atoms with Gasteiger partial charge in [0, 0.05) is 13.1 Å². The molecule has 4 heteroatoms.